The van der Waals surface area contributed by atoms with E-state index in [-0.39, 0.29) is 0 Å². The minimum Gasteiger partial charge on any atom is -0.314 e. The molecule has 0 bridgehead atoms. The van der Waals surface area contributed by atoms with E-state index < -0.39 is 0 Å². The largest absolute Gasteiger partial charge is 0.314 e. The maximum Gasteiger partial charge on any atom is 0.0766 e. The SMILES string of the molecule is CCNC(CCN(CC)CC)Cc1c(Br)c(CC)nn1C. The fourth-order valence-corrected chi connectivity index (χ4v) is 3.50. The van der Waals surface area contributed by atoms with Crippen molar-refractivity contribution in [1.29, 1.82) is 0 Å². The first-order valence-electron chi connectivity index (χ1n) is 8.23. The van der Waals surface area contributed by atoms with E-state index in [1.165, 1.54) is 16.6 Å². The topological polar surface area (TPSA) is 33.1 Å². The third-order valence-corrected chi connectivity index (χ3v) is 5.04. The standard InChI is InChI=1S/C16H31BrN4/c1-6-14-16(17)15(20(5)19-14)12-13(18-7-2)10-11-21(8-3)9-4/h13,18H,6-12H2,1-5H3. The molecular weight excluding hydrogens is 328 g/mol. The Morgan fingerprint density at radius 1 is 1.24 bits per heavy atom. The molecule has 1 atom stereocenters. The number of aryl methyl sites for hydroxylation is 2. The molecule has 1 unspecified atom stereocenters. The van der Waals surface area contributed by atoms with Gasteiger partial charge in [0, 0.05) is 19.5 Å². The van der Waals surface area contributed by atoms with Gasteiger partial charge in [0.1, 0.15) is 0 Å². The molecule has 1 aromatic heterocycles. The highest BCUT2D eigenvalue weighted by Gasteiger charge is 2.17. The highest BCUT2D eigenvalue weighted by Crippen LogP contribution is 2.23. The van der Waals surface area contributed by atoms with Crippen LogP contribution < -0.4 is 5.32 Å². The van der Waals surface area contributed by atoms with E-state index in [9.17, 15) is 0 Å². The van der Waals surface area contributed by atoms with Crippen LogP contribution in [-0.2, 0) is 19.9 Å². The van der Waals surface area contributed by atoms with Crippen LogP contribution in [0.3, 0.4) is 0 Å². The van der Waals surface area contributed by atoms with Crippen molar-refractivity contribution in [3.63, 3.8) is 0 Å². The molecule has 1 N–H and O–H groups in total. The van der Waals surface area contributed by atoms with E-state index in [0.29, 0.717) is 6.04 Å². The monoisotopic (exact) mass is 358 g/mol. The van der Waals surface area contributed by atoms with Gasteiger partial charge in [-0.15, -0.1) is 0 Å². The van der Waals surface area contributed by atoms with Crippen molar-refractivity contribution in [1.82, 2.24) is 20.0 Å². The van der Waals surface area contributed by atoms with Gasteiger partial charge in [-0.25, -0.2) is 0 Å². The van der Waals surface area contributed by atoms with Crippen LogP contribution in [0.25, 0.3) is 0 Å². The molecule has 0 aromatic carbocycles. The lowest BCUT2D eigenvalue weighted by molar-refractivity contribution is 0.280. The van der Waals surface area contributed by atoms with Gasteiger partial charge < -0.3 is 10.2 Å². The van der Waals surface area contributed by atoms with Crippen molar-refractivity contribution in [2.45, 2.75) is 53.0 Å². The molecule has 1 aromatic rings. The van der Waals surface area contributed by atoms with Crippen LogP contribution in [-0.4, -0.2) is 46.9 Å². The number of nitrogens with zero attached hydrogens (tertiary/aromatic N) is 3. The Hall–Kier alpha value is -0.390. The van der Waals surface area contributed by atoms with Gasteiger partial charge in [0.25, 0.3) is 0 Å². The fourth-order valence-electron chi connectivity index (χ4n) is 2.72. The van der Waals surface area contributed by atoms with Crippen LogP contribution in [0.1, 0.15) is 45.5 Å². The van der Waals surface area contributed by atoms with Gasteiger partial charge in [-0.1, -0.05) is 27.7 Å². The normalized spacial score (nSPS) is 13.1. The van der Waals surface area contributed by atoms with Crippen molar-refractivity contribution in [3.05, 3.63) is 15.9 Å². The lowest BCUT2D eigenvalue weighted by Crippen LogP contribution is -2.36. The Morgan fingerprint density at radius 3 is 2.38 bits per heavy atom. The number of hydrogen-bond donors (Lipinski definition) is 1. The van der Waals surface area contributed by atoms with E-state index in [4.69, 9.17) is 0 Å². The summed E-state index contributed by atoms with van der Waals surface area (Å²) in [5.41, 5.74) is 2.46. The highest BCUT2D eigenvalue weighted by molar-refractivity contribution is 9.10. The molecule has 0 aliphatic carbocycles. The number of likely N-dealkylation sites (N-methyl/N-ethyl adjacent to an activating group) is 1. The van der Waals surface area contributed by atoms with Crippen LogP contribution >= 0.6 is 15.9 Å². The maximum absolute atomic E-state index is 4.60. The summed E-state index contributed by atoms with van der Waals surface area (Å²) in [6, 6.07) is 0.506. The molecule has 0 amide bonds. The smallest absolute Gasteiger partial charge is 0.0766 e. The second-order valence-electron chi connectivity index (χ2n) is 5.46. The molecule has 5 heteroatoms. The third kappa shape index (κ3) is 5.38. The Balaban J connectivity index is 2.71. The van der Waals surface area contributed by atoms with Gasteiger partial charge in [0.05, 0.1) is 15.9 Å². The summed E-state index contributed by atoms with van der Waals surface area (Å²) < 4.78 is 3.23. The lowest BCUT2D eigenvalue weighted by atomic mass is 10.1. The van der Waals surface area contributed by atoms with Crippen molar-refractivity contribution in [2.75, 3.05) is 26.2 Å². The minimum atomic E-state index is 0.506. The molecule has 1 rings (SSSR count). The summed E-state index contributed by atoms with van der Waals surface area (Å²) in [5.74, 6) is 0. The number of halogens is 1. The van der Waals surface area contributed by atoms with Crippen LogP contribution in [0, 0.1) is 0 Å². The first-order valence-corrected chi connectivity index (χ1v) is 9.02. The lowest BCUT2D eigenvalue weighted by Gasteiger charge is -2.23. The Morgan fingerprint density at radius 2 is 1.90 bits per heavy atom. The predicted molar refractivity (Wildman–Crippen MR) is 93.9 cm³/mol. The quantitative estimate of drug-likeness (QED) is 0.697. The zero-order valence-electron chi connectivity index (χ0n) is 14.2. The van der Waals surface area contributed by atoms with Crippen LogP contribution in [0.4, 0.5) is 0 Å². The molecule has 0 spiro atoms. The zero-order valence-corrected chi connectivity index (χ0v) is 15.8. The van der Waals surface area contributed by atoms with Gasteiger partial charge in [-0.2, -0.15) is 5.10 Å². The Labute approximate surface area is 138 Å². The van der Waals surface area contributed by atoms with Crippen molar-refractivity contribution in [2.24, 2.45) is 7.05 Å². The second-order valence-corrected chi connectivity index (χ2v) is 6.25. The predicted octanol–water partition coefficient (Wildman–Crippen LogP) is 3.00. The molecule has 0 radical (unpaired) electrons. The minimum absolute atomic E-state index is 0.506. The van der Waals surface area contributed by atoms with Crippen LogP contribution in [0.5, 0.6) is 0 Å². The molecule has 0 aliphatic heterocycles. The molecule has 4 nitrogen and oxygen atoms in total. The summed E-state index contributed by atoms with van der Waals surface area (Å²) in [6.45, 7) is 13.2. The molecule has 122 valence electrons. The molecule has 21 heavy (non-hydrogen) atoms. The summed E-state index contributed by atoms with van der Waals surface area (Å²) in [6.07, 6.45) is 3.17. The van der Waals surface area contributed by atoms with E-state index in [1.54, 1.807) is 0 Å². The number of rotatable bonds is 10. The zero-order chi connectivity index (χ0) is 15.8. The van der Waals surface area contributed by atoms with E-state index in [2.05, 4.69) is 58.9 Å². The van der Waals surface area contributed by atoms with Gasteiger partial charge in [-0.05, 0) is 55.0 Å². The van der Waals surface area contributed by atoms with E-state index in [1.807, 2.05) is 11.7 Å². The summed E-state index contributed by atoms with van der Waals surface area (Å²) in [5, 5.41) is 8.23. The molecule has 0 saturated heterocycles. The first kappa shape index (κ1) is 18.7. The summed E-state index contributed by atoms with van der Waals surface area (Å²) in [7, 11) is 2.05. The van der Waals surface area contributed by atoms with Gasteiger partial charge in [0.15, 0.2) is 0 Å². The second kappa shape index (κ2) is 9.59. The molecule has 0 saturated carbocycles. The van der Waals surface area contributed by atoms with Crippen molar-refractivity contribution < 1.29 is 0 Å². The molecule has 0 aliphatic rings. The summed E-state index contributed by atoms with van der Waals surface area (Å²) in [4.78, 5) is 2.49. The fraction of sp³-hybridized carbons (Fsp3) is 0.812. The Bertz CT molecular complexity index is 413. The molecule has 1 heterocycles. The van der Waals surface area contributed by atoms with Crippen molar-refractivity contribution >= 4 is 15.9 Å². The van der Waals surface area contributed by atoms with Gasteiger partial charge in [-0.3, -0.25) is 4.68 Å². The highest BCUT2D eigenvalue weighted by atomic mass is 79.9. The summed E-state index contributed by atoms with van der Waals surface area (Å²) >= 11 is 3.73. The third-order valence-electron chi connectivity index (χ3n) is 4.12. The van der Waals surface area contributed by atoms with Crippen LogP contribution in [0.2, 0.25) is 0 Å². The maximum atomic E-state index is 4.60. The first-order chi connectivity index (χ1) is 10.1. The van der Waals surface area contributed by atoms with Crippen molar-refractivity contribution in [3.8, 4) is 0 Å². The van der Waals surface area contributed by atoms with E-state index in [0.717, 1.165) is 44.7 Å². The van der Waals surface area contributed by atoms with Gasteiger partial charge in [0.2, 0.25) is 0 Å². The van der Waals surface area contributed by atoms with Gasteiger partial charge >= 0.3 is 0 Å². The van der Waals surface area contributed by atoms with Crippen LogP contribution in [0.15, 0.2) is 4.47 Å². The average molecular weight is 359 g/mol. The Kier molecular flexibility index (Phi) is 8.52. The molecule has 0 fully saturated rings. The molecular formula is C16H31BrN4. The number of hydrogen-bond acceptors (Lipinski definition) is 3. The number of aromatic nitrogens is 2. The van der Waals surface area contributed by atoms with E-state index >= 15 is 0 Å². The number of nitrogens with one attached hydrogen (secondary N) is 1. The average Bonchev–Trinajstić information content (AvgIpc) is 2.75.